The van der Waals surface area contributed by atoms with E-state index in [1.807, 2.05) is 0 Å². The van der Waals surface area contributed by atoms with Crippen molar-refractivity contribution < 1.29 is 23.5 Å². The van der Waals surface area contributed by atoms with Gasteiger partial charge in [0.25, 0.3) is 5.91 Å². The number of rotatable bonds is 6. The van der Waals surface area contributed by atoms with Gasteiger partial charge in [0.1, 0.15) is 18.4 Å². The van der Waals surface area contributed by atoms with Gasteiger partial charge in [-0.15, -0.1) is 0 Å². The van der Waals surface area contributed by atoms with Crippen molar-refractivity contribution in [3.8, 4) is 0 Å². The third-order valence-corrected chi connectivity index (χ3v) is 4.76. The molecule has 0 bridgehead atoms. The van der Waals surface area contributed by atoms with Crippen LogP contribution in [0.1, 0.15) is 12.0 Å². The van der Waals surface area contributed by atoms with Crippen LogP contribution in [0.5, 0.6) is 0 Å². The molecule has 0 spiro atoms. The maximum Gasteiger partial charge on any atom is 0.255 e. The molecule has 1 aliphatic rings. The molecule has 2 amide bonds. The van der Waals surface area contributed by atoms with Crippen molar-refractivity contribution in [2.45, 2.75) is 19.0 Å². The molecule has 6 nitrogen and oxygen atoms in total. The van der Waals surface area contributed by atoms with E-state index in [-0.39, 0.29) is 30.4 Å². The minimum atomic E-state index is -1.12. The molecule has 3 rings (SSSR count). The minimum Gasteiger partial charge on any atom is -0.396 e. The predicted octanol–water partition coefficient (Wildman–Crippen LogP) is 2.70. The van der Waals surface area contributed by atoms with E-state index in [2.05, 4.69) is 11.6 Å². The minimum absolute atomic E-state index is 0.0321. The topological polar surface area (TPSA) is 73.7 Å². The van der Waals surface area contributed by atoms with Crippen LogP contribution >= 0.6 is 11.6 Å². The lowest BCUT2D eigenvalue weighted by Crippen LogP contribution is -2.60. The third-order valence-electron chi connectivity index (χ3n) is 4.56. The fourth-order valence-electron chi connectivity index (χ4n) is 3.16. The smallest absolute Gasteiger partial charge is 0.255 e. The van der Waals surface area contributed by atoms with E-state index in [4.69, 9.17) is 11.6 Å². The summed E-state index contributed by atoms with van der Waals surface area (Å²) in [6, 6.07) is 5.40. The summed E-state index contributed by atoms with van der Waals surface area (Å²) in [6.45, 7) is 3.17. The van der Waals surface area contributed by atoms with Gasteiger partial charge in [0.05, 0.1) is 5.02 Å². The molecule has 1 fully saturated rings. The van der Waals surface area contributed by atoms with Crippen LogP contribution in [0.15, 0.2) is 48.7 Å². The summed E-state index contributed by atoms with van der Waals surface area (Å²) in [7, 11) is 0. The molecule has 152 valence electrons. The maximum absolute atomic E-state index is 14.3. The summed E-state index contributed by atoms with van der Waals surface area (Å²) < 4.78 is 27.5. The molecule has 0 aliphatic carbocycles. The van der Waals surface area contributed by atoms with E-state index in [1.54, 1.807) is 0 Å². The van der Waals surface area contributed by atoms with Gasteiger partial charge in [0.2, 0.25) is 5.91 Å². The highest BCUT2D eigenvalue weighted by Crippen LogP contribution is 2.28. The Morgan fingerprint density at radius 3 is 2.59 bits per heavy atom. The van der Waals surface area contributed by atoms with E-state index < -0.39 is 36.0 Å². The molecule has 0 radical (unpaired) electrons. The van der Waals surface area contributed by atoms with E-state index in [1.165, 1.54) is 35.4 Å². The van der Waals surface area contributed by atoms with Crippen LogP contribution in [-0.4, -0.2) is 46.0 Å². The van der Waals surface area contributed by atoms with Crippen molar-refractivity contribution in [3.05, 3.63) is 70.9 Å². The number of nitrogens with zero attached hydrogens (tertiary/aromatic N) is 3. The highest BCUT2D eigenvalue weighted by atomic mass is 35.5. The Kier molecular flexibility index (Phi) is 6.24. The Morgan fingerprint density at radius 2 is 1.97 bits per heavy atom. The van der Waals surface area contributed by atoms with Gasteiger partial charge in [0, 0.05) is 19.3 Å². The first kappa shape index (κ1) is 20.9. The van der Waals surface area contributed by atoms with Crippen LogP contribution in [0.25, 0.3) is 0 Å². The van der Waals surface area contributed by atoms with Gasteiger partial charge in [-0.25, -0.2) is 13.8 Å². The second kappa shape index (κ2) is 8.67. The number of carbonyl (C=O) groups is 2. The van der Waals surface area contributed by atoms with E-state index >= 15 is 0 Å². The van der Waals surface area contributed by atoms with Crippen LogP contribution in [-0.2, 0) is 16.1 Å². The van der Waals surface area contributed by atoms with Crippen LogP contribution in [0, 0.1) is 11.6 Å². The average molecular weight is 422 g/mol. The van der Waals surface area contributed by atoms with Crippen LogP contribution in [0.3, 0.4) is 0 Å². The molecule has 9 heteroatoms. The van der Waals surface area contributed by atoms with E-state index in [0.29, 0.717) is 11.1 Å². The molecule has 1 atom stereocenters. The van der Waals surface area contributed by atoms with Gasteiger partial charge in [-0.1, -0.05) is 30.3 Å². The first-order valence-electron chi connectivity index (χ1n) is 8.76. The van der Waals surface area contributed by atoms with Gasteiger partial charge in [-0.3, -0.25) is 14.5 Å². The molecule has 1 aliphatic heterocycles. The SMILES string of the molecule is C=C(CCO)C1C(=O)N(c2ncc(Cl)cc2F)CC(=O)N1Cc1ccc(F)cc1. The van der Waals surface area contributed by atoms with Gasteiger partial charge in [0.15, 0.2) is 11.6 Å². The normalized spacial score (nSPS) is 17.0. The Morgan fingerprint density at radius 1 is 1.28 bits per heavy atom. The molecule has 1 N–H and O–H groups in total. The van der Waals surface area contributed by atoms with Crippen molar-refractivity contribution >= 4 is 29.2 Å². The van der Waals surface area contributed by atoms with Crippen LogP contribution in [0.4, 0.5) is 14.6 Å². The maximum atomic E-state index is 14.3. The number of aliphatic hydroxyl groups excluding tert-OH is 1. The quantitative estimate of drug-likeness (QED) is 0.728. The number of hydrogen-bond donors (Lipinski definition) is 1. The van der Waals surface area contributed by atoms with Crippen molar-refractivity contribution in [1.29, 1.82) is 0 Å². The lowest BCUT2D eigenvalue weighted by molar-refractivity contribution is -0.142. The summed E-state index contributed by atoms with van der Waals surface area (Å²) in [5, 5.41) is 9.32. The fourth-order valence-corrected chi connectivity index (χ4v) is 3.30. The Balaban J connectivity index is 1.96. The fraction of sp³-hybridized carbons (Fsp3) is 0.250. The van der Waals surface area contributed by atoms with Gasteiger partial charge in [-0.05, 0) is 35.8 Å². The number of aliphatic hydroxyl groups is 1. The number of halogens is 3. The third kappa shape index (κ3) is 4.44. The number of pyridine rings is 1. The van der Waals surface area contributed by atoms with Crippen molar-refractivity contribution in [1.82, 2.24) is 9.88 Å². The molecule has 29 heavy (non-hydrogen) atoms. The molecule has 1 aromatic heterocycles. The Hall–Kier alpha value is -2.84. The van der Waals surface area contributed by atoms with E-state index in [0.717, 1.165) is 11.0 Å². The zero-order valence-electron chi connectivity index (χ0n) is 15.3. The molecular formula is C20H18ClF2N3O3. The number of hydrogen-bond acceptors (Lipinski definition) is 4. The number of aromatic nitrogens is 1. The zero-order chi connectivity index (χ0) is 21.1. The van der Waals surface area contributed by atoms with Crippen molar-refractivity contribution in [2.75, 3.05) is 18.1 Å². The molecule has 2 heterocycles. The largest absolute Gasteiger partial charge is 0.396 e. The lowest BCUT2D eigenvalue weighted by Gasteiger charge is -2.40. The Labute approximate surface area is 171 Å². The second-order valence-electron chi connectivity index (χ2n) is 6.57. The molecular weight excluding hydrogens is 404 g/mol. The highest BCUT2D eigenvalue weighted by Gasteiger charge is 2.42. The zero-order valence-corrected chi connectivity index (χ0v) is 16.1. The number of carbonyl (C=O) groups excluding carboxylic acids is 2. The van der Waals surface area contributed by atoms with Gasteiger partial charge in [-0.2, -0.15) is 0 Å². The van der Waals surface area contributed by atoms with E-state index in [9.17, 15) is 23.5 Å². The lowest BCUT2D eigenvalue weighted by atomic mass is 9.99. The van der Waals surface area contributed by atoms with Crippen molar-refractivity contribution in [2.24, 2.45) is 0 Å². The molecule has 1 unspecified atom stereocenters. The summed E-state index contributed by atoms with van der Waals surface area (Å²) in [4.78, 5) is 32.1. The van der Waals surface area contributed by atoms with Gasteiger partial charge < -0.3 is 10.0 Å². The Bertz CT molecular complexity index is 952. The van der Waals surface area contributed by atoms with Crippen molar-refractivity contribution in [3.63, 3.8) is 0 Å². The highest BCUT2D eigenvalue weighted by molar-refractivity contribution is 6.30. The summed E-state index contributed by atoms with van der Waals surface area (Å²) in [5.74, 6) is -2.63. The standard InChI is InChI=1S/C20H18ClF2N3O3/c1-12(6-7-27)18-20(29)26(19-16(23)8-14(21)9-24-19)11-17(28)25(18)10-13-2-4-15(22)5-3-13/h2-5,8-9,18,27H,1,6-7,10-11H2. The number of benzene rings is 1. The molecule has 1 aromatic carbocycles. The molecule has 0 saturated carbocycles. The summed E-state index contributed by atoms with van der Waals surface area (Å²) in [5.41, 5.74) is 0.908. The number of piperazine rings is 1. The number of anilines is 1. The predicted molar refractivity (Wildman–Crippen MR) is 103 cm³/mol. The molecule has 2 aromatic rings. The van der Waals surface area contributed by atoms with Gasteiger partial charge >= 0.3 is 0 Å². The second-order valence-corrected chi connectivity index (χ2v) is 7.00. The average Bonchev–Trinajstić information content (AvgIpc) is 2.67. The monoisotopic (exact) mass is 421 g/mol. The first-order chi connectivity index (χ1) is 13.8. The number of amides is 2. The van der Waals surface area contributed by atoms with Crippen LogP contribution in [0.2, 0.25) is 5.02 Å². The summed E-state index contributed by atoms with van der Waals surface area (Å²) in [6.07, 6.45) is 1.26. The first-order valence-corrected chi connectivity index (χ1v) is 9.14. The van der Waals surface area contributed by atoms with Crippen LogP contribution < -0.4 is 4.90 Å². The molecule has 1 saturated heterocycles. The summed E-state index contributed by atoms with van der Waals surface area (Å²) >= 11 is 5.72.